The number of anilines is 1. The molecule has 1 aromatic heterocycles. The smallest absolute Gasteiger partial charge is 0.258 e. The predicted molar refractivity (Wildman–Crippen MR) is 150 cm³/mol. The number of phenolic OH excluding ortho intramolecular Hbond substituents is 1. The Bertz CT molecular complexity index is 1150. The highest BCUT2D eigenvalue weighted by molar-refractivity contribution is 7.13. The molecule has 0 spiro atoms. The van der Waals surface area contributed by atoms with E-state index in [0.29, 0.717) is 18.7 Å². The summed E-state index contributed by atoms with van der Waals surface area (Å²) >= 11 is 7.68. The Labute approximate surface area is 227 Å². The number of piperazine rings is 1. The number of halogens is 2. The van der Waals surface area contributed by atoms with Crippen molar-refractivity contribution in [3.63, 3.8) is 0 Å². The van der Waals surface area contributed by atoms with Crippen LogP contribution < -0.4 is 15.0 Å². The fourth-order valence-corrected chi connectivity index (χ4v) is 5.44. The Hall–Kier alpha value is -2.30. The molecule has 0 radical (unpaired) electrons. The second-order valence-electron chi connectivity index (χ2n) is 8.42. The minimum atomic E-state index is -0.365. The number of nitrogens with zero attached hydrogens (tertiary/aromatic N) is 3. The topological polar surface area (TPSA) is 109 Å². The van der Waals surface area contributed by atoms with E-state index >= 15 is 0 Å². The average Bonchev–Trinajstić information content (AvgIpc) is 3.29. The van der Waals surface area contributed by atoms with Crippen molar-refractivity contribution in [1.29, 1.82) is 0 Å². The van der Waals surface area contributed by atoms with Crippen LogP contribution in [0.5, 0.6) is 11.5 Å². The molecular formula is C25H34Cl2N4O4S. The van der Waals surface area contributed by atoms with Gasteiger partial charge >= 0.3 is 0 Å². The van der Waals surface area contributed by atoms with Gasteiger partial charge in [0.1, 0.15) is 17.1 Å². The number of carbonyl (C=O) groups excluding carboxylic acids is 1. The van der Waals surface area contributed by atoms with Crippen molar-refractivity contribution in [1.82, 2.24) is 14.6 Å². The number of fused-ring (bicyclic) bond motifs is 1. The molecule has 1 saturated heterocycles. The molecule has 8 nitrogen and oxygen atoms in total. The van der Waals surface area contributed by atoms with Gasteiger partial charge in [0.15, 0.2) is 5.75 Å². The third kappa shape index (κ3) is 6.52. The number of phenols is 1. The first-order valence-corrected chi connectivity index (χ1v) is 12.9. The zero-order chi connectivity index (χ0) is 24.1. The normalized spacial score (nSPS) is 13.7. The van der Waals surface area contributed by atoms with Crippen LogP contribution in [0.3, 0.4) is 0 Å². The Balaban J connectivity index is 0.00000228. The van der Waals surface area contributed by atoms with Crippen molar-refractivity contribution in [2.75, 3.05) is 51.3 Å². The second-order valence-corrected chi connectivity index (χ2v) is 9.63. The number of benzene rings is 2. The van der Waals surface area contributed by atoms with Gasteiger partial charge in [-0.25, -0.2) is 0 Å². The maximum Gasteiger partial charge on any atom is 0.258 e. The Morgan fingerprint density at radius 2 is 1.94 bits per heavy atom. The number of rotatable bonds is 9. The molecule has 1 amide bonds. The number of hydrogen-bond acceptors (Lipinski definition) is 7. The van der Waals surface area contributed by atoms with E-state index in [-0.39, 0.29) is 40.1 Å². The lowest BCUT2D eigenvalue weighted by Crippen LogP contribution is -2.46. The number of amides is 1. The maximum atomic E-state index is 12.7. The first-order chi connectivity index (χ1) is 16.5. The lowest BCUT2D eigenvalue weighted by Gasteiger charge is -2.35. The van der Waals surface area contributed by atoms with E-state index in [4.69, 9.17) is 16.3 Å². The lowest BCUT2D eigenvalue weighted by molar-refractivity contribution is 0.0946. The number of ether oxygens (including phenoxy) is 1. The van der Waals surface area contributed by atoms with Crippen molar-refractivity contribution < 1.29 is 20.1 Å². The number of aromatic hydroxyl groups is 1. The quantitative estimate of drug-likeness (QED) is 0.383. The van der Waals surface area contributed by atoms with Crippen LogP contribution in [0.15, 0.2) is 30.3 Å². The van der Waals surface area contributed by atoms with Gasteiger partial charge in [-0.3, -0.25) is 9.69 Å². The molecule has 1 fully saturated rings. The number of nitrogens with one attached hydrogen (secondary N) is 1. The van der Waals surface area contributed by atoms with Gasteiger partial charge < -0.3 is 25.5 Å². The number of carbonyl (C=O) groups is 1. The highest BCUT2D eigenvalue weighted by atomic mass is 35.5. The molecule has 3 aromatic rings. The number of aryl methyl sites for hydroxylation is 1. The standard InChI is InChI=1S/C25H31ClN4O3S.ClH.H2O/c1-3-17-16-19(26)22(31)21(23(17)33-2)25(32)27-10-6-7-11-29-12-14-30(15-13-29)24-18-8-4-5-9-20(18)34-28-24;;/h4-5,8-9,16,31H,3,6-7,10-15H2,1-2H3,(H,27,32);1H;1H2. The SMILES string of the molecule is CCc1cc(Cl)c(O)c(C(=O)NCCCCN2CCN(c3nsc4ccccc34)CC2)c1OC.Cl.O. The molecule has 0 saturated carbocycles. The molecule has 0 aliphatic carbocycles. The van der Waals surface area contributed by atoms with Gasteiger partial charge in [0.2, 0.25) is 0 Å². The second kappa shape index (κ2) is 13.9. The van der Waals surface area contributed by atoms with Crippen molar-refractivity contribution >= 4 is 57.4 Å². The third-order valence-electron chi connectivity index (χ3n) is 6.31. The van der Waals surface area contributed by atoms with Gasteiger partial charge in [-0.1, -0.05) is 30.7 Å². The molecule has 2 heterocycles. The van der Waals surface area contributed by atoms with E-state index < -0.39 is 0 Å². The third-order valence-corrected chi connectivity index (χ3v) is 7.42. The molecule has 198 valence electrons. The largest absolute Gasteiger partial charge is 0.505 e. The number of methoxy groups -OCH3 is 1. The van der Waals surface area contributed by atoms with Crippen LogP contribution >= 0.6 is 35.5 Å². The molecule has 0 atom stereocenters. The molecule has 0 unspecified atom stereocenters. The highest BCUT2D eigenvalue weighted by Crippen LogP contribution is 2.38. The Morgan fingerprint density at radius 3 is 2.64 bits per heavy atom. The summed E-state index contributed by atoms with van der Waals surface area (Å²) in [6, 6.07) is 10.0. The van der Waals surface area contributed by atoms with Crippen LogP contribution in [0, 0.1) is 0 Å². The Kier molecular flexibility index (Phi) is 11.5. The van der Waals surface area contributed by atoms with E-state index in [1.807, 2.05) is 6.92 Å². The molecule has 11 heteroatoms. The van der Waals surface area contributed by atoms with E-state index in [1.165, 1.54) is 17.2 Å². The van der Waals surface area contributed by atoms with Crippen LogP contribution in [0.25, 0.3) is 10.1 Å². The number of unbranched alkanes of at least 4 members (excludes halogenated alkanes) is 1. The van der Waals surface area contributed by atoms with E-state index in [0.717, 1.165) is 56.9 Å². The van der Waals surface area contributed by atoms with E-state index in [2.05, 4.69) is 43.8 Å². The van der Waals surface area contributed by atoms with Gasteiger partial charge in [-0.2, -0.15) is 4.37 Å². The van der Waals surface area contributed by atoms with Crippen LogP contribution in [-0.4, -0.2) is 72.1 Å². The van der Waals surface area contributed by atoms with E-state index in [9.17, 15) is 9.90 Å². The minimum absolute atomic E-state index is 0. The van der Waals surface area contributed by atoms with Crippen LogP contribution in [-0.2, 0) is 6.42 Å². The molecule has 4 rings (SSSR count). The zero-order valence-corrected chi connectivity index (χ0v) is 22.9. The van der Waals surface area contributed by atoms with Gasteiger partial charge in [-0.05, 0) is 61.1 Å². The van der Waals surface area contributed by atoms with Crippen molar-refractivity contribution in [3.8, 4) is 11.5 Å². The molecule has 2 aromatic carbocycles. The Morgan fingerprint density at radius 1 is 1.22 bits per heavy atom. The number of aromatic nitrogens is 1. The molecule has 36 heavy (non-hydrogen) atoms. The maximum absolute atomic E-state index is 12.7. The monoisotopic (exact) mass is 556 g/mol. The summed E-state index contributed by atoms with van der Waals surface area (Å²) < 4.78 is 11.3. The summed E-state index contributed by atoms with van der Waals surface area (Å²) in [4.78, 5) is 17.6. The van der Waals surface area contributed by atoms with Crippen molar-refractivity contribution in [2.24, 2.45) is 0 Å². The lowest BCUT2D eigenvalue weighted by atomic mass is 10.0. The number of hydrogen-bond donors (Lipinski definition) is 2. The molecule has 1 aliphatic rings. The van der Waals surface area contributed by atoms with Gasteiger partial charge in [0.05, 0.1) is 16.8 Å². The zero-order valence-electron chi connectivity index (χ0n) is 20.6. The summed E-state index contributed by atoms with van der Waals surface area (Å²) in [6.45, 7) is 7.42. The summed E-state index contributed by atoms with van der Waals surface area (Å²) in [6.07, 6.45) is 2.49. The van der Waals surface area contributed by atoms with Gasteiger partial charge in [0, 0.05) is 38.1 Å². The van der Waals surface area contributed by atoms with Crippen LogP contribution in [0.2, 0.25) is 5.02 Å². The van der Waals surface area contributed by atoms with Crippen molar-refractivity contribution in [3.05, 3.63) is 46.5 Å². The van der Waals surface area contributed by atoms with Crippen LogP contribution in [0.4, 0.5) is 5.82 Å². The fourth-order valence-electron chi connectivity index (χ4n) is 4.42. The summed E-state index contributed by atoms with van der Waals surface area (Å²) in [5, 5.41) is 14.6. The van der Waals surface area contributed by atoms with Crippen LogP contribution in [0.1, 0.15) is 35.7 Å². The predicted octanol–water partition coefficient (Wildman–Crippen LogP) is 4.16. The average molecular weight is 558 g/mol. The van der Waals surface area contributed by atoms with Crippen molar-refractivity contribution in [2.45, 2.75) is 26.2 Å². The first-order valence-electron chi connectivity index (χ1n) is 11.7. The summed E-state index contributed by atoms with van der Waals surface area (Å²) in [5.41, 5.74) is 0.901. The van der Waals surface area contributed by atoms with E-state index in [1.54, 1.807) is 17.6 Å². The minimum Gasteiger partial charge on any atom is -0.505 e. The fraction of sp³-hybridized carbons (Fsp3) is 0.440. The first kappa shape index (κ1) is 29.9. The molecule has 0 bridgehead atoms. The molecule has 1 aliphatic heterocycles. The molecular weight excluding hydrogens is 523 g/mol. The van der Waals surface area contributed by atoms with Gasteiger partial charge in [-0.15, -0.1) is 12.4 Å². The highest BCUT2D eigenvalue weighted by Gasteiger charge is 2.23. The summed E-state index contributed by atoms with van der Waals surface area (Å²) in [5.74, 6) is 0.885. The molecule has 4 N–H and O–H groups in total. The summed E-state index contributed by atoms with van der Waals surface area (Å²) in [7, 11) is 1.50. The van der Waals surface area contributed by atoms with Gasteiger partial charge in [0.25, 0.3) is 5.91 Å².